The predicted molar refractivity (Wildman–Crippen MR) is 66.8 cm³/mol. The first-order chi connectivity index (χ1) is 8.36. The number of ketones is 1. The van der Waals surface area contributed by atoms with Crippen molar-refractivity contribution in [2.75, 3.05) is 6.61 Å². The van der Waals surface area contributed by atoms with Crippen LogP contribution in [0.2, 0.25) is 0 Å². The molecule has 4 atom stereocenters. The predicted octanol–water partition coefficient (Wildman–Crippen LogP) is 2.58. The van der Waals surface area contributed by atoms with E-state index in [4.69, 9.17) is 4.74 Å². The van der Waals surface area contributed by atoms with Gasteiger partial charge >= 0.3 is 5.97 Å². The van der Waals surface area contributed by atoms with E-state index >= 15 is 0 Å². The molecule has 3 heteroatoms. The molecule has 0 spiro atoms. The average Bonchev–Trinajstić information content (AvgIpc) is 2.66. The van der Waals surface area contributed by atoms with Gasteiger partial charge in [-0.2, -0.15) is 0 Å². The molecule has 18 heavy (non-hydrogen) atoms. The van der Waals surface area contributed by atoms with Crippen molar-refractivity contribution in [3.63, 3.8) is 0 Å². The highest BCUT2D eigenvalue weighted by atomic mass is 16.5. The average molecular weight is 250 g/mol. The summed E-state index contributed by atoms with van der Waals surface area (Å²) in [6.07, 6.45) is 4.02. The molecule has 100 valence electrons. The zero-order chi connectivity index (χ0) is 13.1. The molecular weight excluding hydrogens is 228 g/mol. The van der Waals surface area contributed by atoms with Crippen LogP contribution in [0.5, 0.6) is 0 Å². The number of esters is 1. The molecule has 3 rings (SSSR count). The molecule has 3 nitrogen and oxygen atoms in total. The Hall–Kier alpha value is -0.860. The number of rotatable bonds is 0. The molecule has 0 bridgehead atoms. The van der Waals surface area contributed by atoms with Crippen molar-refractivity contribution in [3.8, 4) is 0 Å². The second-order valence-electron chi connectivity index (χ2n) is 7.29. The van der Waals surface area contributed by atoms with Crippen LogP contribution in [0.15, 0.2) is 0 Å². The molecule has 0 N–H and O–H groups in total. The molecule has 1 saturated heterocycles. The smallest absolute Gasteiger partial charge is 0.310 e. The Morgan fingerprint density at radius 1 is 1.17 bits per heavy atom. The molecule has 2 saturated carbocycles. The zero-order valence-corrected chi connectivity index (χ0v) is 11.5. The number of hydrogen-bond acceptors (Lipinski definition) is 3. The molecular formula is C15H22O3. The van der Waals surface area contributed by atoms with E-state index in [1.54, 1.807) is 0 Å². The molecule has 1 aliphatic heterocycles. The van der Waals surface area contributed by atoms with Crippen LogP contribution in [0.3, 0.4) is 0 Å². The second kappa shape index (κ2) is 3.58. The maximum atomic E-state index is 12.3. The Morgan fingerprint density at radius 3 is 2.61 bits per heavy atom. The molecule has 0 aromatic heterocycles. The summed E-state index contributed by atoms with van der Waals surface area (Å²) in [5.41, 5.74) is 0.129. The monoisotopic (exact) mass is 250 g/mol. The lowest BCUT2D eigenvalue weighted by Gasteiger charge is -2.56. The Balaban J connectivity index is 2.05. The second-order valence-corrected chi connectivity index (χ2v) is 7.29. The Bertz CT molecular complexity index is 412. The third-order valence-corrected chi connectivity index (χ3v) is 5.87. The van der Waals surface area contributed by atoms with Gasteiger partial charge in [-0.1, -0.05) is 27.2 Å². The summed E-state index contributed by atoms with van der Waals surface area (Å²) in [6, 6.07) is 0. The van der Waals surface area contributed by atoms with E-state index in [-0.39, 0.29) is 34.4 Å². The van der Waals surface area contributed by atoms with E-state index in [0.717, 1.165) is 19.3 Å². The van der Waals surface area contributed by atoms with Crippen LogP contribution >= 0.6 is 0 Å². The van der Waals surface area contributed by atoms with Crippen LogP contribution in [0.1, 0.15) is 46.5 Å². The lowest BCUT2D eigenvalue weighted by atomic mass is 9.46. The topological polar surface area (TPSA) is 43.4 Å². The van der Waals surface area contributed by atoms with Gasteiger partial charge in [-0.15, -0.1) is 0 Å². The van der Waals surface area contributed by atoms with Gasteiger partial charge < -0.3 is 4.74 Å². The van der Waals surface area contributed by atoms with Crippen LogP contribution in [0.25, 0.3) is 0 Å². The van der Waals surface area contributed by atoms with Crippen molar-refractivity contribution in [1.29, 1.82) is 0 Å². The number of carbonyl (C=O) groups is 2. The number of ether oxygens (including phenoxy) is 1. The number of carbonyl (C=O) groups excluding carboxylic acids is 2. The van der Waals surface area contributed by atoms with E-state index in [1.165, 1.54) is 0 Å². The molecule has 0 aromatic rings. The molecule has 4 unspecified atom stereocenters. The molecule has 0 amide bonds. The highest BCUT2D eigenvalue weighted by molar-refractivity contribution is 5.91. The van der Waals surface area contributed by atoms with Crippen molar-refractivity contribution in [2.24, 2.45) is 28.6 Å². The quantitative estimate of drug-likeness (QED) is 0.621. The largest absolute Gasteiger partial charge is 0.465 e. The van der Waals surface area contributed by atoms with Gasteiger partial charge in [0.25, 0.3) is 0 Å². The van der Waals surface area contributed by atoms with Crippen molar-refractivity contribution >= 4 is 11.8 Å². The first kappa shape index (κ1) is 12.2. The zero-order valence-electron chi connectivity index (χ0n) is 11.5. The third kappa shape index (κ3) is 1.42. The van der Waals surface area contributed by atoms with Crippen molar-refractivity contribution in [3.05, 3.63) is 0 Å². The van der Waals surface area contributed by atoms with Crippen LogP contribution in [0, 0.1) is 28.6 Å². The van der Waals surface area contributed by atoms with Crippen LogP contribution in [-0.4, -0.2) is 18.4 Å². The normalized spacial score (nSPS) is 46.3. The van der Waals surface area contributed by atoms with Crippen LogP contribution in [-0.2, 0) is 14.3 Å². The van der Waals surface area contributed by atoms with Gasteiger partial charge in [0, 0.05) is 6.42 Å². The fourth-order valence-corrected chi connectivity index (χ4v) is 4.93. The van der Waals surface area contributed by atoms with Gasteiger partial charge in [0.1, 0.15) is 12.4 Å². The lowest BCUT2D eigenvalue weighted by molar-refractivity contribution is -0.158. The van der Waals surface area contributed by atoms with Gasteiger partial charge in [-0.3, -0.25) is 9.59 Å². The van der Waals surface area contributed by atoms with Gasteiger partial charge in [0.15, 0.2) is 0 Å². The number of fused-ring (bicyclic) bond motifs is 3. The SMILES string of the molecule is CC1(C)CCCC2(C)C3C(=O)OCC3C(=O)CC12. The lowest BCUT2D eigenvalue weighted by Crippen LogP contribution is -2.55. The van der Waals surface area contributed by atoms with Crippen molar-refractivity contribution in [2.45, 2.75) is 46.5 Å². The van der Waals surface area contributed by atoms with Gasteiger partial charge in [0.2, 0.25) is 0 Å². The fourth-order valence-electron chi connectivity index (χ4n) is 4.93. The number of hydrogen-bond donors (Lipinski definition) is 0. The van der Waals surface area contributed by atoms with Gasteiger partial charge in [0.05, 0.1) is 11.8 Å². The highest BCUT2D eigenvalue weighted by Gasteiger charge is 2.62. The van der Waals surface area contributed by atoms with Gasteiger partial charge in [-0.05, 0) is 29.6 Å². The van der Waals surface area contributed by atoms with E-state index in [0.29, 0.717) is 18.9 Å². The van der Waals surface area contributed by atoms with E-state index in [9.17, 15) is 9.59 Å². The van der Waals surface area contributed by atoms with E-state index in [1.807, 2.05) is 0 Å². The first-order valence-electron chi connectivity index (χ1n) is 7.05. The number of Topliss-reactive ketones (excluding diaryl/α,β-unsaturated/α-hetero) is 1. The fraction of sp³-hybridized carbons (Fsp3) is 0.867. The Kier molecular flexibility index (Phi) is 2.43. The van der Waals surface area contributed by atoms with E-state index < -0.39 is 0 Å². The minimum atomic E-state index is -0.177. The molecule has 2 aliphatic carbocycles. The minimum absolute atomic E-state index is 0.0338. The minimum Gasteiger partial charge on any atom is -0.465 e. The highest BCUT2D eigenvalue weighted by Crippen LogP contribution is 2.61. The summed E-state index contributed by atoms with van der Waals surface area (Å²) >= 11 is 0. The summed E-state index contributed by atoms with van der Waals surface area (Å²) in [7, 11) is 0. The number of cyclic esters (lactones) is 1. The Labute approximate surface area is 108 Å². The van der Waals surface area contributed by atoms with Crippen LogP contribution < -0.4 is 0 Å². The van der Waals surface area contributed by atoms with E-state index in [2.05, 4.69) is 20.8 Å². The summed E-state index contributed by atoms with van der Waals surface area (Å²) in [5.74, 6) is 0.121. The standard InChI is InChI=1S/C15H22O3/c1-14(2)5-4-6-15(3)11(14)7-10(16)9-8-18-13(17)12(9)15/h9,11-12H,4-8H2,1-3H3. The van der Waals surface area contributed by atoms with Crippen LogP contribution in [0.4, 0.5) is 0 Å². The van der Waals surface area contributed by atoms with Crippen molar-refractivity contribution in [1.82, 2.24) is 0 Å². The summed E-state index contributed by atoms with van der Waals surface area (Å²) in [5, 5.41) is 0. The Morgan fingerprint density at radius 2 is 1.89 bits per heavy atom. The molecule has 1 heterocycles. The summed E-state index contributed by atoms with van der Waals surface area (Å²) < 4.78 is 5.19. The first-order valence-corrected chi connectivity index (χ1v) is 7.05. The third-order valence-electron chi connectivity index (χ3n) is 5.87. The molecule has 3 fully saturated rings. The van der Waals surface area contributed by atoms with Crippen molar-refractivity contribution < 1.29 is 14.3 Å². The summed E-state index contributed by atoms with van der Waals surface area (Å²) in [6.45, 7) is 7.05. The summed E-state index contributed by atoms with van der Waals surface area (Å²) in [4.78, 5) is 24.3. The maximum Gasteiger partial charge on any atom is 0.310 e. The molecule has 0 aromatic carbocycles. The van der Waals surface area contributed by atoms with Gasteiger partial charge in [-0.25, -0.2) is 0 Å². The maximum absolute atomic E-state index is 12.3. The molecule has 0 radical (unpaired) electrons. The molecule has 3 aliphatic rings.